The predicted molar refractivity (Wildman–Crippen MR) is 67.7 cm³/mol. The number of halogens is 1. The fourth-order valence-corrected chi connectivity index (χ4v) is 2.34. The number of hydrogen-bond donors (Lipinski definition) is 2. The zero-order valence-corrected chi connectivity index (χ0v) is 11.2. The molecule has 0 heterocycles. The first-order valence-electron chi connectivity index (χ1n) is 5.15. The van der Waals surface area contributed by atoms with Crippen molar-refractivity contribution in [3.8, 4) is 0 Å². The van der Waals surface area contributed by atoms with E-state index in [-0.39, 0.29) is 12.3 Å². The Morgan fingerprint density at radius 3 is 2.59 bits per heavy atom. The summed E-state index contributed by atoms with van der Waals surface area (Å²) in [6, 6.07) is 5.09. The standard InChI is InChI=1S/C12H14BrNO3/c1-7-3-4-9(10(13)5-7)11(6-12(16)17)14-8(2)15/h3-5,11H,6H2,1-2H3,(H,14,15)(H,16,17)/t11-/m0/s1. The Hall–Kier alpha value is -1.36. The summed E-state index contributed by atoms with van der Waals surface area (Å²) >= 11 is 3.38. The number of nitrogens with one attached hydrogen (secondary N) is 1. The van der Waals surface area contributed by atoms with Crippen LogP contribution in [0.1, 0.15) is 30.5 Å². The molecule has 92 valence electrons. The van der Waals surface area contributed by atoms with Gasteiger partial charge in [-0.15, -0.1) is 0 Å². The van der Waals surface area contributed by atoms with Crippen molar-refractivity contribution in [3.05, 3.63) is 33.8 Å². The topological polar surface area (TPSA) is 66.4 Å². The Bertz CT molecular complexity index is 429. The summed E-state index contributed by atoms with van der Waals surface area (Å²) in [6.07, 6.45) is -0.138. The lowest BCUT2D eigenvalue weighted by Crippen LogP contribution is -2.28. The zero-order valence-electron chi connectivity index (χ0n) is 9.66. The average molecular weight is 300 g/mol. The van der Waals surface area contributed by atoms with Crippen molar-refractivity contribution >= 4 is 27.8 Å². The molecule has 0 saturated carbocycles. The molecule has 2 N–H and O–H groups in total. The van der Waals surface area contributed by atoms with Crippen molar-refractivity contribution < 1.29 is 14.7 Å². The third-order valence-electron chi connectivity index (χ3n) is 2.29. The second-order valence-electron chi connectivity index (χ2n) is 3.88. The van der Waals surface area contributed by atoms with Gasteiger partial charge in [0.1, 0.15) is 0 Å². The van der Waals surface area contributed by atoms with Crippen molar-refractivity contribution in [2.24, 2.45) is 0 Å². The number of hydrogen-bond acceptors (Lipinski definition) is 2. The van der Waals surface area contributed by atoms with Gasteiger partial charge in [0.25, 0.3) is 0 Å². The summed E-state index contributed by atoms with van der Waals surface area (Å²) in [7, 11) is 0. The maximum Gasteiger partial charge on any atom is 0.305 e. The molecule has 1 aromatic rings. The highest BCUT2D eigenvalue weighted by molar-refractivity contribution is 9.10. The van der Waals surface area contributed by atoms with Crippen LogP contribution in [0.2, 0.25) is 0 Å². The van der Waals surface area contributed by atoms with Gasteiger partial charge in [0.15, 0.2) is 0 Å². The molecule has 0 bridgehead atoms. The van der Waals surface area contributed by atoms with E-state index in [0.717, 1.165) is 15.6 Å². The molecule has 5 heteroatoms. The number of carboxylic acids is 1. The third-order valence-corrected chi connectivity index (χ3v) is 2.97. The van der Waals surface area contributed by atoms with Crippen LogP contribution in [-0.4, -0.2) is 17.0 Å². The molecule has 0 aliphatic rings. The van der Waals surface area contributed by atoms with Crippen molar-refractivity contribution in [2.75, 3.05) is 0 Å². The van der Waals surface area contributed by atoms with Gasteiger partial charge in [0, 0.05) is 11.4 Å². The largest absolute Gasteiger partial charge is 0.481 e. The smallest absolute Gasteiger partial charge is 0.305 e. The molecule has 1 rings (SSSR count). The van der Waals surface area contributed by atoms with Crippen molar-refractivity contribution in [2.45, 2.75) is 26.3 Å². The Morgan fingerprint density at radius 1 is 1.47 bits per heavy atom. The number of benzene rings is 1. The second kappa shape index (κ2) is 5.82. The van der Waals surface area contributed by atoms with E-state index in [1.807, 2.05) is 25.1 Å². The molecule has 0 aliphatic heterocycles. The van der Waals surface area contributed by atoms with Gasteiger partial charge in [-0.2, -0.15) is 0 Å². The van der Waals surface area contributed by atoms with Crippen LogP contribution < -0.4 is 5.32 Å². The minimum Gasteiger partial charge on any atom is -0.481 e. The number of rotatable bonds is 4. The Balaban J connectivity index is 3.02. The van der Waals surface area contributed by atoms with Crippen LogP contribution in [-0.2, 0) is 9.59 Å². The SMILES string of the molecule is CC(=O)N[C@@H](CC(=O)O)c1ccc(C)cc1Br. The Kier molecular flexibility index (Phi) is 4.69. The van der Waals surface area contributed by atoms with E-state index in [1.165, 1.54) is 6.92 Å². The minimum absolute atomic E-state index is 0.138. The van der Waals surface area contributed by atoms with Crippen molar-refractivity contribution in [1.29, 1.82) is 0 Å². The first kappa shape index (κ1) is 13.7. The van der Waals surface area contributed by atoms with E-state index in [4.69, 9.17) is 5.11 Å². The molecular weight excluding hydrogens is 286 g/mol. The Labute approximate surface area is 108 Å². The predicted octanol–water partition coefficient (Wildman–Crippen LogP) is 2.41. The molecule has 1 atom stereocenters. The molecular formula is C12H14BrNO3. The lowest BCUT2D eigenvalue weighted by Gasteiger charge is -2.18. The number of carbonyl (C=O) groups is 2. The molecule has 0 aromatic heterocycles. The van der Waals surface area contributed by atoms with E-state index in [9.17, 15) is 9.59 Å². The fourth-order valence-electron chi connectivity index (χ4n) is 1.57. The number of carbonyl (C=O) groups excluding carboxylic acids is 1. The number of aryl methyl sites for hydroxylation is 1. The van der Waals surface area contributed by atoms with Gasteiger partial charge in [-0.3, -0.25) is 9.59 Å². The van der Waals surface area contributed by atoms with Crippen LogP contribution >= 0.6 is 15.9 Å². The number of amides is 1. The molecule has 0 fully saturated rings. The summed E-state index contributed by atoms with van der Waals surface area (Å²) in [5.41, 5.74) is 1.84. The molecule has 4 nitrogen and oxygen atoms in total. The maximum atomic E-state index is 11.1. The Morgan fingerprint density at radius 2 is 2.12 bits per heavy atom. The summed E-state index contributed by atoms with van der Waals surface area (Å²) in [4.78, 5) is 21.8. The van der Waals surface area contributed by atoms with Gasteiger partial charge < -0.3 is 10.4 Å². The third kappa shape index (κ3) is 4.19. The lowest BCUT2D eigenvalue weighted by molar-refractivity contribution is -0.137. The molecule has 1 aromatic carbocycles. The molecule has 0 saturated heterocycles. The first-order valence-corrected chi connectivity index (χ1v) is 5.94. The highest BCUT2D eigenvalue weighted by Gasteiger charge is 2.18. The summed E-state index contributed by atoms with van der Waals surface area (Å²) in [6.45, 7) is 3.32. The fraction of sp³-hybridized carbons (Fsp3) is 0.333. The molecule has 0 spiro atoms. The highest BCUT2D eigenvalue weighted by Crippen LogP contribution is 2.26. The molecule has 0 unspecified atom stereocenters. The van der Waals surface area contributed by atoms with E-state index >= 15 is 0 Å². The second-order valence-corrected chi connectivity index (χ2v) is 4.73. The van der Waals surface area contributed by atoms with Crippen LogP contribution in [0.4, 0.5) is 0 Å². The van der Waals surface area contributed by atoms with Crippen LogP contribution in [0.15, 0.2) is 22.7 Å². The molecule has 1 amide bonds. The highest BCUT2D eigenvalue weighted by atomic mass is 79.9. The van der Waals surface area contributed by atoms with Gasteiger partial charge in [0.05, 0.1) is 12.5 Å². The van der Waals surface area contributed by atoms with Crippen LogP contribution in [0.5, 0.6) is 0 Å². The van der Waals surface area contributed by atoms with Crippen molar-refractivity contribution in [1.82, 2.24) is 5.32 Å². The van der Waals surface area contributed by atoms with Crippen LogP contribution in [0.25, 0.3) is 0 Å². The quantitative estimate of drug-likeness (QED) is 0.897. The normalized spacial score (nSPS) is 11.9. The number of carboxylic acid groups (broad SMARTS) is 1. The van der Waals surface area contributed by atoms with Gasteiger partial charge in [-0.05, 0) is 24.1 Å². The molecule has 0 radical (unpaired) electrons. The van der Waals surface area contributed by atoms with Gasteiger partial charge in [-0.1, -0.05) is 28.1 Å². The van der Waals surface area contributed by atoms with Crippen molar-refractivity contribution in [3.63, 3.8) is 0 Å². The van der Waals surface area contributed by atoms with Crippen LogP contribution in [0.3, 0.4) is 0 Å². The lowest BCUT2D eigenvalue weighted by atomic mass is 10.0. The van der Waals surface area contributed by atoms with E-state index in [2.05, 4.69) is 21.2 Å². The van der Waals surface area contributed by atoms with Gasteiger partial charge >= 0.3 is 5.97 Å². The van der Waals surface area contributed by atoms with Gasteiger partial charge in [-0.25, -0.2) is 0 Å². The van der Waals surface area contributed by atoms with Crippen LogP contribution in [0, 0.1) is 6.92 Å². The monoisotopic (exact) mass is 299 g/mol. The van der Waals surface area contributed by atoms with Gasteiger partial charge in [0.2, 0.25) is 5.91 Å². The molecule has 0 aliphatic carbocycles. The summed E-state index contributed by atoms with van der Waals surface area (Å²) < 4.78 is 0.803. The van der Waals surface area contributed by atoms with E-state index in [0.29, 0.717) is 0 Å². The maximum absolute atomic E-state index is 11.1. The van der Waals surface area contributed by atoms with E-state index in [1.54, 1.807) is 0 Å². The molecule has 17 heavy (non-hydrogen) atoms. The summed E-state index contributed by atoms with van der Waals surface area (Å²) in [5.74, 6) is -1.19. The minimum atomic E-state index is -0.948. The summed E-state index contributed by atoms with van der Waals surface area (Å²) in [5, 5.41) is 11.5. The van der Waals surface area contributed by atoms with E-state index < -0.39 is 12.0 Å². The first-order chi connectivity index (χ1) is 7.90. The average Bonchev–Trinajstić information content (AvgIpc) is 2.14. The zero-order chi connectivity index (χ0) is 13.0. The number of aliphatic carboxylic acids is 1.